The molecule has 2 aromatic carbocycles. The molecule has 0 bridgehead atoms. The largest absolute Gasteiger partial charge is 0.464 e. The zero-order chi connectivity index (χ0) is 42.5. The third-order valence-corrected chi connectivity index (χ3v) is 13.6. The number of hydrogen-bond donors (Lipinski definition) is 2. The van der Waals surface area contributed by atoms with E-state index in [1.54, 1.807) is 18.2 Å². The molecular formula is C38H54F4N6O6SSi2. The van der Waals surface area contributed by atoms with E-state index in [-0.39, 0.29) is 59.3 Å². The van der Waals surface area contributed by atoms with E-state index >= 15 is 4.39 Å². The van der Waals surface area contributed by atoms with Gasteiger partial charge in [0.1, 0.15) is 12.5 Å². The average molecular weight is 855 g/mol. The number of sulfonamides is 1. The standard InChI is InChI=1S/C38H54F4N6O6SSi2/c1-25-11-12-31(47(3)55(4,50)51)27(17-25)22-44-36-34-32(48(46-35(34)37(49)43-2)23-52-13-15-56(5,6)7)20-30(45-36)28-19-29(39)33(18-26(28)21-38(40,41)42)54-24-53-14-16-57(8,9)10/h11-12,17-20H,13-16,21-24H2,1-10H3,(H,43,49)(H,44,45). The van der Waals surface area contributed by atoms with E-state index in [2.05, 4.69) is 55.0 Å². The van der Waals surface area contributed by atoms with Crippen molar-refractivity contribution in [3.63, 3.8) is 0 Å². The molecule has 57 heavy (non-hydrogen) atoms. The maximum Gasteiger partial charge on any atom is 0.393 e. The topological polar surface area (TPSA) is 137 Å². The number of aryl methyl sites for hydroxylation is 1. The van der Waals surface area contributed by atoms with E-state index in [0.29, 0.717) is 24.5 Å². The molecule has 314 valence electrons. The Labute approximate surface area is 334 Å². The van der Waals surface area contributed by atoms with Crippen molar-refractivity contribution >= 4 is 54.5 Å². The molecule has 0 aliphatic carbocycles. The summed E-state index contributed by atoms with van der Waals surface area (Å²) in [6, 6.07) is 10.3. The number of aromatic nitrogens is 3. The number of ether oxygens (including phenoxy) is 3. The first-order valence-electron chi connectivity index (χ1n) is 18.5. The van der Waals surface area contributed by atoms with Gasteiger partial charge < -0.3 is 24.8 Å². The molecule has 0 fully saturated rings. The SMILES string of the molecule is CNC(=O)c1nn(COCC[Si](C)(C)C)c2cc(-c3cc(F)c(OCOCC[Si](C)(C)C)cc3CC(F)(F)F)nc(NCc3cc(C)ccc3N(C)S(C)(=O)=O)c12. The molecule has 0 saturated carbocycles. The normalized spacial score (nSPS) is 12.6. The Morgan fingerprint density at radius 1 is 0.965 bits per heavy atom. The van der Waals surface area contributed by atoms with Gasteiger partial charge in [-0.25, -0.2) is 22.5 Å². The molecule has 0 radical (unpaired) electrons. The van der Waals surface area contributed by atoms with Crippen LogP contribution in [0, 0.1) is 12.7 Å². The summed E-state index contributed by atoms with van der Waals surface area (Å²) in [5.41, 5.74) is 1.46. The average Bonchev–Trinajstić information content (AvgIpc) is 3.46. The predicted octanol–water partition coefficient (Wildman–Crippen LogP) is 8.02. The Hall–Kier alpha value is -4.05. The number of rotatable bonds is 19. The summed E-state index contributed by atoms with van der Waals surface area (Å²) in [7, 11) is -3.73. The predicted molar refractivity (Wildman–Crippen MR) is 222 cm³/mol. The number of nitrogens with one attached hydrogen (secondary N) is 2. The van der Waals surface area contributed by atoms with Gasteiger partial charge in [-0.3, -0.25) is 9.10 Å². The number of halogens is 4. The van der Waals surface area contributed by atoms with Gasteiger partial charge in [-0.2, -0.15) is 18.3 Å². The molecule has 0 spiro atoms. The molecule has 0 aliphatic rings. The lowest BCUT2D eigenvalue weighted by Crippen LogP contribution is -2.26. The minimum absolute atomic E-state index is 0.0260. The second kappa shape index (κ2) is 18.3. The highest BCUT2D eigenvalue weighted by Gasteiger charge is 2.31. The molecular weight excluding hydrogens is 801 g/mol. The Morgan fingerprint density at radius 3 is 2.21 bits per heavy atom. The van der Waals surface area contributed by atoms with E-state index in [1.165, 1.54) is 24.8 Å². The lowest BCUT2D eigenvalue weighted by atomic mass is 9.99. The molecule has 4 rings (SSSR count). The van der Waals surface area contributed by atoms with Gasteiger partial charge in [-0.1, -0.05) is 57.0 Å². The number of alkyl halides is 3. The first-order valence-corrected chi connectivity index (χ1v) is 27.7. The van der Waals surface area contributed by atoms with Crippen LogP contribution in [-0.4, -0.2) is 91.8 Å². The highest BCUT2D eigenvalue weighted by Crippen LogP contribution is 2.37. The molecule has 2 aromatic heterocycles. The number of pyridine rings is 1. The van der Waals surface area contributed by atoms with Gasteiger partial charge in [-0.15, -0.1) is 0 Å². The fourth-order valence-corrected chi connectivity index (χ4v) is 7.78. The van der Waals surface area contributed by atoms with Crippen LogP contribution in [0.1, 0.15) is 27.2 Å². The van der Waals surface area contributed by atoms with Gasteiger partial charge in [0.25, 0.3) is 5.91 Å². The second-order valence-corrected chi connectivity index (χ2v) is 29.7. The molecule has 0 unspecified atom stereocenters. The highest BCUT2D eigenvalue weighted by molar-refractivity contribution is 7.92. The molecule has 2 N–H and O–H groups in total. The van der Waals surface area contributed by atoms with Crippen LogP contribution in [0.4, 0.5) is 29.1 Å². The summed E-state index contributed by atoms with van der Waals surface area (Å²) in [5, 5.41) is 10.6. The number of carbonyl (C=O) groups is 1. The first kappa shape index (κ1) is 45.7. The zero-order valence-corrected chi connectivity index (χ0v) is 37.1. The summed E-state index contributed by atoms with van der Waals surface area (Å²) in [5.74, 6) is -1.86. The second-order valence-electron chi connectivity index (χ2n) is 16.5. The van der Waals surface area contributed by atoms with Crippen molar-refractivity contribution in [3.05, 3.63) is 64.6 Å². The fourth-order valence-electron chi connectivity index (χ4n) is 5.73. The summed E-state index contributed by atoms with van der Waals surface area (Å²) < 4.78 is 103. The van der Waals surface area contributed by atoms with Crippen LogP contribution in [0.3, 0.4) is 0 Å². The summed E-state index contributed by atoms with van der Waals surface area (Å²) in [4.78, 5) is 18.0. The summed E-state index contributed by atoms with van der Waals surface area (Å²) in [6.45, 7) is 15.2. The minimum Gasteiger partial charge on any atom is -0.464 e. The summed E-state index contributed by atoms with van der Waals surface area (Å²) >= 11 is 0. The number of benzene rings is 2. The monoisotopic (exact) mass is 854 g/mol. The molecule has 2 heterocycles. The quantitative estimate of drug-likeness (QED) is 0.0416. The van der Waals surface area contributed by atoms with Gasteiger partial charge in [0, 0.05) is 55.6 Å². The van der Waals surface area contributed by atoms with Crippen LogP contribution in [0.5, 0.6) is 5.75 Å². The zero-order valence-electron chi connectivity index (χ0n) is 34.3. The number of hydrogen-bond acceptors (Lipinski definition) is 9. The first-order chi connectivity index (χ1) is 26.4. The maximum absolute atomic E-state index is 15.8. The van der Waals surface area contributed by atoms with Crippen LogP contribution in [0.2, 0.25) is 51.4 Å². The maximum atomic E-state index is 15.8. The van der Waals surface area contributed by atoms with Gasteiger partial charge in [0.2, 0.25) is 10.0 Å². The fraction of sp³-hybridized carbons (Fsp3) is 0.500. The molecule has 12 nitrogen and oxygen atoms in total. The third kappa shape index (κ3) is 13.0. The number of nitrogens with zero attached hydrogens (tertiary/aromatic N) is 4. The number of fused-ring (bicyclic) bond motifs is 1. The summed E-state index contributed by atoms with van der Waals surface area (Å²) in [6.07, 6.45) is -5.04. The molecule has 0 atom stereocenters. The molecule has 19 heteroatoms. The molecule has 1 amide bonds. The highest BCUT2D eigenvalue weighted by atomic mass is 32.2. The van der Waals surface area contributed by atoms with Gasteiger partial charge in [0.15, 0.2) is 24.1 Å². The van der Waals surface area contributed by atoms with E-state index in [1.807, 2.05) is 6.92 Å². The van der Waals surface area contributed by atoms with Crippen molar-refractivity contribution in [3.8, 4) is 17.0 Å². The van der Waals surface area contributed by atoms with E-state index in [9.17, 15) is 26.4 Å². The lowest BCUT2D eigenvalue weighted by molar-refractivity contribution is -0.127. The van der Waals surface area contributed by atoms with Crippen molar-refractivity contribution in [1.29, 1.82) is 0 Å². The van der Waals surface area contributed by atoms with Crippen LogP contribution >= 0.6 is 0 Å². The van der Waals surface area contributed by atoms with Crippen LogP contribution < -0.4 is 19.7 Å². The smallest absolute Gasteiger partial charge is 0.393 e. The van der Waals surface area contributed by atoms with Crippen molar-refractivity contribution < 1.29 is 45.0 Å². The van der Waals surface area contributed by atoms with Gasteiger partial charge in [0.05, 0.1) is 35.0 Å². The lowest BCUT2D eigenvalue weighted by Gasteiger charge is -2.21. The van der Waals surface area contributed by atoms with E-state index in [0.717, 1.165) is 40.3 Å². The van der Waals surface area contributed by atoms with E-state index in [4.69, 9.17) is 19.2 Å². The number of amides is 1. The Balaban J connectivity index is 1.90. The molecule has 4 aromatic rings. The minimum atomic E-state index is -4.69. The Morgan fingerprint density at radius 2 is 1.61 bits per heavy atom. The number of carbonyl (C=O) groups excluding carboxylic acids is 1. The van der Waals surface area contributed by atoms with Crippen molar-refractivity contribution in [1.82, 2.24) is 20.1 Å². The third-order valence-electron chi connectivity index (χ3n) is 9.02. The number of anilines is 2. The van der Waals surface area contributed by atoms with Crippen LogP contribution in [0.15, 0.2) is 36.4 Å². The van der Waals surface area contributed by atoms with E-state index < -0.39 is 56.2 Å². The molecule has 0 aliphatic heterocycles. The van der Waals surface area contributed by atoms with Gasteiger partial charge in [-0.05, 0) is 54.4 Å². The van der Waals surface area contributed by atoms with Crippen molar-refractivity contribution in [2.75, 3.05) is 50.0 Å². The molecule has 0 saturated heterocycles. The Kier molecular flexibility index (Phi) is 14.6. The van der Waals surface area contributed by atoms with Crippen molar-refractivity contribution in [2.24, 2.45) is 0 Å². The van der Waals surface area contributed by atoms with Crippen LogP contribution in [0.25, 0.3) is 22.2 Å². The van der Waals surface area contributed by atoms with Gasteiger partial charge >= 0.3 is 6.18 Å². The Bertz CT molecular complexity index is 2170. The van der Waals surface area contributed by atoms with Crippen molar-refractivity contribution in [2.45, 2.75) is 84.2 Å². The van der Waals surface area contributed by atoms with Crippen LogP contribution in [-0.2, 0) is 39.2 Å².